The standard InChI is InChI=1S/C22H33N3O2S2/c1-19(2)13-7-9-21(19,5)15(11-13)23-24-18(28)29-12-25-16(26)14-8-10-22(6,17(25)27)20(14,3)4/h13-14H,7-12H2,1-6H3,(H,24,28). The molecule has 3 saturated carbocycles. The Hall–Kier alpha value is -0.950. The van der Waals surface area contributed by atoms with Crippen LogP contribution < -0.4 is 5.43 Å². The number of rotatable bonds is 3. The summed E-state index contributed by atoms with van der Waals surface area (Å²) in [5.74, 6) is 0.785. The fourth-order valence-corrected chi connectivity index (χ4v) is 7.19. The molecule has 0 aromatic heterocycles. The molecule has 29 heavy (non-hydrogen) atoms. The SMILES string of the molecule is CC12CCC(CC1=NNC(=S)SCN1C(=O)C3CCC(C)(C1=O)C3(C)C)C2(C)C. The summed E-state index contributed by atoms with van der Waals surface area (Å²) >= 11 is 6.78. The number of hydrogen-bond acceptors (Lipinski definition) is 5. The zero-order valence-electron chi connectivity index (χ0n) is 18.4. The van der Waals surface area contributed by atoms with Crippen LogP contribution in [0.4, 0.5) is 0 Å². The molecule has 4 rings (SSSR count). The third kappa shape index (κ3) is 2.72. The molecule has 0 spiro atoms. The summed E-state index contributed by atoms with van der Waals surface area (Å²) in [6.07, 6.45) is 5.06. The number of carbonyl (C=O) groups excluding carboxylic acids is 2. The van der Waals surface area contributed by atoms with Gasteiger partial charge < -0.3 is 0 Å². The predicted molar refractivity (Wildman–Crippen MR) is 121 cm³/mol. The summed E-state index contributed by atoms with van der Waals surface area (Å²) in [6.45, 7) is 13.2. The summed E-state index contributed by atoms with van der Waals surface area (Å²) in [5.41, 5.74) is 3.90. The quantitative estimate of drug-likeness (QED) is 0.400. The zero-order valence-corrected chi connectivity index (χ0v) is 20.1. The van der Waals surface area contributed by atoms with Gasteiger partial charge in [-0.25, -0.2) is 0 Å². The van der Waals surface area contributed by atoms with E-state index in [1.165, 1.54) is 35.2 Å². The van der Waals surface area contributed by atoms with Crippen LogP contribution in [0.5, 0.6) is 0 Å². The number of hydrogen-bond donors (Lipinski definition) is 1. The van der Waals surface area contributed by atoms with Gasteiger partial charge in [-0.15, -0.1) is 0 Å². The number of nitrogens with one attached hydrogen (secondary N) is 1. The fourth-order valence-electron chi connectivity index (χ4n) is 6.39. The van der Waals surface area contributed by atoms with Gasteiger partial charge >= 0.3 is 0 Å². The largest absolute Gasteiger partial charge is 0.274 e. The van der Waals surface area contributed by atoms with E-state index in [2.05, 4.69) is 45.1 Å². The monoisotopic (exact) mass is 435 g/mol. The van der Waals surface area contributed by atoms with Crippen molar-refractivity contribution in [2.45, 2.75) is 73.6 Å². The third-order valence-corrected chi connectivity index (χ3v) is 10.8. The van der Waals surface area contributed by atoms with Crippen molar-refractivity contribution in [3.63, 3.8) is 0 Å². The molecule has 4 aliphatic rings. The second-order valence-corrected chi connectivity index (χ2v) is 12.6. The van der Waals surface area contributed by atoms with Gasteiger partial charge in [0.1, 0.15) is 0 Å². The molecule has 0 radical (unpaired) electrons. The van der Waals surface area contributed by atoms with Gasteiger partial charge in [-0.1, -0.05) is 65.5 Å². The minimum Gasteiger partial charge on any atom is -0.274 e. The second-order valence-electron chi connectivity index (χ2n) is 10.9. The van der Waals surface area contributed by atoms with Gasteiger partial charge in [0.2, 0.25) is 11.8 Å². The van der Waals surface area contributed by atoms with Crippen LogP contribution in [0, 0.1) is 33.5 Å². The lowest BCUT2D eigenvalue weighted by Gasteiger charge is -2.47. The van der Waals surface area contributed by atoms with Gasteiger partial charge in [0.25, 0.3) is 0 Å². The summed E-state index contributed by atoms with van der Waals surface area (Å²) in [4.78, 5) is 27.5. The van der Waals surface area contributed by atoms with Crippen molar-refractivity contribution in [3.05, 3.63) is 0 Å². The number of amides is 2. The molecule has 7 heteroatoms. The van der Waals surface area contributed by atoms with Crippen molar-refractivity contribution in [2.24, 2.45) is 38.6 Å². The summed E-state index contributed by atoms with van der Waals surface area (Å²) in [6, 6.07) is 0. The van der Waals surface area contributed by atoms with Crippen LogP contribution >= 0.6 is 24.0 Å². The molecule has 160 valence electrons. The van der Waals surface area contributed by atoms with E-state index in [-0.39, 0.29) is 39.9 Å². The van der Waals surface area contributed by atoms with E-state index in [1.54, 1.807) is 0 Å². The van der Waals surface area contributed by atoms with Crippen molar-refractivity contribution < 1.29 is 9.59 Å². The van der Waals surface area contributed by atoms with Crippen LogP contribution in [0.1, 0.15) is 73.6 Å². The Morgan fingerprint density at radius 1 is 1.10 bits per heavy atom. The van der Waals surface area contributed by atoms with Crippen LogP contribution in [-0.4, -0.2) is 32.6 Å². The maximum absolute atomic E-state index is 13.1. The van der Waals surface area contributed by atoms with Crippen LogP contribution in [0.15, 0.2) is 5.10 Å². The lowest BCUT2D eigenvalue weighted by molar-refractivity contribution is -0.166. The van der Waals surface area contributed by atoms with Crippen molar-refractivity contribution in [1.82, 2.24) is 10.3 Å². The highest BCUT2D eigenvalue weighted by Gasteiger charge is 2.64. The molecular weight excluding hydrogens is 402 g/mol. The van der Waals surface area contributed by atoms with Gasteiger partial charge in [-0.2, -0.15) is 5.10 Å². The Balaban J connectivity index is 1.39. The maximum Gasteiger partial charge on any atom is 0.236 e. The average Bonchev–Trinajstić information content (AvgIpc) is 3.06. The Bertz CT molecular complexity index is 821. The third-order valence-electron chi connectivity index (χ3n) is 9.63. The van der Waals surface area contributed by atoms with E-state index in [0.717, 1.165) is 19.3 Å². The van der Waals surface area contributed by atoms with E-state index in [4.69, 9.17) is 12.2 Å². The molecule has 4 atom stereocenters. The van der Waals surface area contributed by atoms with Crippen LogP contribution in [-0.2, 0) is 9.59 Å². The Labute approximate surface area is 183 Å². The van der Waals surface area contributed by atoms with E-state index in [9.17, 15) is 9.59 Å². The number of imide groups is 1. The number of nitrogens with zero attached hydrogens (tertiary/aromatic N) is 2. The summed E-state index contributed by atoms with van der Waals surface area (Å²) in [5, 5.41) is 4.67. The molecule has 0 aromatic carbocycles. The number of thiocarbonyl (C=S) groups is 1. The Kier molecular flexibility index (Phi) is 4.79. The van der Waals surface area contributed by atoms with Gasteiger partial charge in [0.15, 0.2) is 4.32 Å². The first-order valence-electron chi connectivity index (χ1n) is 10.7. The molecule has 5 nitrogen and oxygen atoms in total. The van der Waals surface area contributed by atoms with Gasteiger partial charge in [-0.3, -0.25) is 19.9 Å². The smallest absolute Gasteiger partial charge is 0.236 e. The minimum absolute atomic E-state index is 0.0426. The van der Waals surface area contributed by atoms with E-state index >= 15 is 0 Å². The van der Waals surface area contributed by atoms with Gasteiger partial charge in [0.05, 0.1) is 11.3 Å². The molecule has 0 aromatic rings. The first-order chi connectivity index (χ1) is 13.4. The van der Waals surface area contributed by atoms with Crippen LogP contribution in [0.3, 0.4) is 0 Å². The lowest BCUT2D eigenvalue weighted by atomic mass is 9.62. The van der Waals surface area contributed by atoms with Crippen LogP contribution in [0.25, 0.3) is 0 Å². The fraction of sp³-hybridized carbons (Fsp3) is 0.818. The molecule has 1 aliphatic heterocycles. The molecule has 1 saturated heterocycles. The predicted octanol–water partition coefficient (Wildman–Crippen LogP) is 4.57. The molecule has 3 aliphatic carbocycles. The molecule has 1 N–H and O–H groups in total. The van der Waals surface area contributed by atoms with Crippen molar-refractivity contribution in [3.8, 4) is 0 Å². The highest BCUT2D eigenvalue weighted by Crippen LogP contribution is 2.64. The molecule has 4 unspecified atom stereocenters. The first-order valence-corrected chi connectivity index (χ1v) is 12.1. The number of fused-ring (bicyclic) bond motifs is 4. The number of thioether (sulfide) groups is 1. The highest BCUT2D eigenvalue weighted by atomic mass is 32.2. The molecule has 4 bridgehead atoms. The normalized spacial score (nSPS) is 40.8. The molecule has 2 amide bonds. The van der Waals surface area contributed by atoms with Crippen LogP contribution in [0.2, 0.25) is 0 Å². The van der Waals surface area contributed by atoms with Gasteiger partial charge in [-0.05, 0) is 48.9 Å². The second kappa shape index (κ2) is 6.52. The highest BCUT2D eigenvalue weighted by molar-refractivity contribution is 8.22. The Morgan fingerprint density at radius 2 is 1.76 bits per heavy atom. The van der Waals surface area contributed by atoms with E-state index in [1.807, 2.05) is 6.92 Å². The number of piperidine rings is 1. The number of hydrazone groups is 1. The van der Waals surface area contributed by atoms with Gasteiger partial charge in [0, 0.05) is 17.0 Å². The molecular formula is C22H33N3O2S2. The Morgan fingerprint density at radius 3 is 2.34 bits per heavy atom. The topological polar surface area (TPSA) is 61.8 Å². The zero-order chi connectivity index (χ0) is 21.4. The maximum atomic E-state index is 13.1. The first kappa shape index (κ1) is 21.3. The molecule has 4 fully saturated rings. The minimum atomic E-state index is -0.468. The number of carbonyl (C=O) groups is 2. The van der Waals surface area contributed by atoms with E-state index in [0.29, 0.717) is 10.2 Å². The summed E-state index contributed by atoms with van der Waals surface area (Å²) < 4.78 is 0.518. The summed E-state index contributed by atoms with van der Waals surface area (Å²) in [7, 11) is 0. The lowest BCUT2D eigenvalue weighted by Crippen LogP contribution is -2.58. The number of likely N-dealkylation sites (tertiary alicyclic amines) is 1. The van der Waals surface area contributed by atoms with Crippen molar-refractivity contribution >= 4 is 45.8 Å². The average molecular weight is 436 g/mol. The van der Waals surface area contributed by atoms with E-state index < -0.39 is 5.41 Å². The van der Waals surface area contributed by atoms with Crippen molar-refractivity contribution in [2.75, 3.05) is 5.88 Å². The molecule has 1 heterocycles. The van der Waals surface area contributed by atoms with Crippen molar-refractivity contribution in [1.29, 1.82) is 0 Å².